The molecule has 1 saturated heterocycles. The Balaban J connectivity index is 1.74. The molecule has 6 nitrogen and oxygen atoms in total. The third-order valence-electron chi connectivity index (χ3n) is 3.91. The summed E-state index contributed by atoms with van der Waals surface area (Å²) in [6.07, 6.45) is 1.41. The van der Waals surface area contributed by atoms with E-state index >= 15 is 0 Å². The van der Waals surface area contributed by atoms with Gasteiger partial charge >= 0.3 is 0 Å². The van der Waals surface area contributed by atoms with Gasteiger partial charge in [0.05, 0.1) is 16.2 Å². The normalized spacial score (nSPS) is 14.7. The van der Waals surface area contributed by atoms with E-state index in [0.29, 0.717) is 16.9 Å². The van der Waals surface area contributed by atoms with E-state index < -0.39 is 5.82 Å². The zero-order valence-electron chi connectivity index (χ0n) is 12.6. The number of pyridine rings is 1. The Bertz CT molecular complexity index is 912. The first kappa shape index (κ1) is 15.0. The quantitative estimate of drug-likeness (QED) is 0.760. The van der Waals surface area contributed by atoms with Crippen molar-refractivity contribution in [3.05, 3.63) is 47.5 Å². The van der Waals surface area contributed by atoms with Gasteiger partial charge < -0.3 is 16.0 Å². The first-order valence-electron chi connectivity index (χ1n) is 7.45. The van der Waals surface area contributed by atoms with Crippen LogP contribution in [0.15, 0.2) is 36.7 Å². The minimum atomic E-state index is -0.532. The van der Waals surface area contributed by atoms with Gasteiger partial charge in [0.2, 0.25) is 0 Å². The smallest absolute Gasteiger partial charge is 0.165 e. The van der Waals surface area contributed by atoms with Crippen LogP contribution >= 0.6 is 11.6 Å². The van der Waals surface area contributed by atoms with Crippen LogP contribution in [0, 0.1) is 5.82 Å². The highest BCUT2D eigenvalue weighted by molar-refractivity contribution is 6.31. The topological polar surface area (TPSA) is 80.0 Å². The summed E-state index contributed by atoms with van der Waals surface area (Å²) in [7, 11) is 0. The Morgan fingerprint density at radius 2 is 2.04 bits per heavy atom. The second kappa shape index (κ2) is 5.85. The van der Waals surface area contributed by atoms with Crippen LogP contribution in [-0.2, 0) is 0 Å². The average Bonchev–Trinajstić information content (AvgIpc) is 2.56. The molecule has 0 spiro atoms. The zero-order chi connectivity index (χ0) is 16.7. The van der Waals surface area contributed by atoms with Crippen molar-refractivity contribution in [3.63, 3.8) is 0 Å². The molecule has 4 rings (SSSR count). The fraction of sp³-hybridized carbons (Fsp3) is 0.188. The van der Waals surface area contributed by atoms with E-state index in [9.17, 15) is 4.39 Å². The van der Waals surface area contributed by atoms with Gasteiger partial charge in [0.15, 0.2) is 11.6 Å². The molecular formula is C16H14ClFN6. The number of aromatic nitrogens is 3. The Hall–Kier alpha value is -2.51. The lowest BCUT2D eigenvalue weighted by Crippen LogP contribution is -2.56. The van der Waals surface area contributed by atoms with E-state index in [1.807, 2.05) is 12.1 Å². The molecule has 0 saturated carbocycles. The molecule has 8 heteroatoms. The molecule has 1 fully saturated rings. The second-order valence-corrected chi connectivity index (χ2v) is 6.06. The van der Waals surface area contributed by atoms with Crippen molar-refractivity contribution in [2.75, 3.05) is 23.3 Å². The Morgan fingerprint density at radius 3 is 2.83 bits per heavy atom. The fourth-order valence-corrected chi connectivity index (χ4v) is 2.80. The molecule has 0 aliphatic carbocycles. The van der Waals surface area contributed by atoms with Crippen molar-refractivity contribution >= 4 is 40.0 Å². The molecule has 2 aromatic heterocycles. The van der Waals surface area contributed by atoms with Crippen molar-refractivity contribution < 1.29 is 4.39 Å². The first-order chi connectivity index (χ1) is 11.6. The Kier molecular flexibility index (Phi) is 3.66. The molecule has 0 bridgehead atoms. The van der Waals surface area contributed by atoms with Crippen molar-refractivity contribution in [2.24, 2.45) is 5.73 Å². The number of rotatable bonds is 3. The number of hydrogen-bond donors (Lipinski definition) is 2. The molecule has 0 radical (unpaired) electrons. The van der Waals surface area contributed by atoms with Crippen molar-refractivity contribution in [2.45, 2.75) is 6.04 Å². The van der Waals surface area contributed by atoms with E-state index in [4.69, 9.17) is 17.3 Å². The van der Waals surface area contributed by atoms with Gasteiger partial charge in [-0.3, -0.25) is 0 Å². The molecule has 1 aliphatic heterocycles. The summed E-state index contributed by atoms with van der Waals surface area (Å²) < 4.78 is 14.1. The largest absolute Gasteiger partial charge is 0.353 e. The van der Waals surface area contributed by atoms with Crippen LogP contribution in [-0.4, -0.2) is 34.1 Å². The molecule has 3 aromatic rings. The SMILES string of the molecule is NC1CN(c2ccc3ncnc(Nc4cccc(Cl)c4F)c3n2)C1. The number of nitrogens with zero attached hydrogens (tertiary/aromatic N) is 4. The van der Waals surface area contributed by atoms with Gasteiger partial charge in [0.1, 0.15) is 17.7 Å². The van der Waals surface area contributed by atoms with E-state index in [1.54, 1.807) is 12.1 Å². The average molecular weight is 345 g/mol. The van der Waals surface area contributed by atoms with Gasteiger partial charge in [-0.2, -0.15) is 0 Å². The number of anilines is 3. The molecule has 1 aliphatic rings. The fourth-order valence-electron chi connectivity index (χ4n) is 2.63. The van der Waals surface area contributed by atoms with Gasteiger partial charge in [0.25, 0.3) is 0 Å². The van der Waals surface area contributed by atoms with E-state index in [-0.39, 0.29) is 16.8 Å². The molecule has 1 aromatic carbocycles. The molecule has 24 heavy (non-hydrogen) atoms. The van der Waals surface area contributed by atoms with Crippen LogP contribution in [0.4, 0.5) is 21.7 Å². The predicted octanol–water partition coefficient (Wildman–Crippen LogP) is 2.71. The third kappa shape index (κ3) is 2.61. The Labute approximate surface area is 142 Å². The number of nitrogens with two attached hydrogens (primary N) is 1. The molecule has 3 heterocycles. The van der Waals surface area contributed by atoms with Gasteiger partial charge in [0, 0.05) is 19.1 Å². The standard InChI is InChI=1S/C16H14ClFN6/c17-10-2-1-3-11(14(10)18)22-16-15-12(20-8-21-16)4-5-13(23-15)24-6-9(19)7-24/h1-5,8-9H,6-7,19H2,(H,20,21,22). The number of benzene rings is 1. The van der Waals surface area contributed by atoms with Crippen LogP contribution in [0.1, 0.15) is 0 Å². The van der Waals surface area contributed by atoms with Crippen LogP contribution in [0.25, 0.3) is 11.0 Å². The van der Waals surface area contributed by atoms with Crippen LogP contribution in [0.2, 0.25) is 5.02 Å². The second-order valence-electron chi connectivity index (χ2n) is 5.65. The minimum absolute atomic E-state index is 0.0431. The molecule has 0 unspecified atom stereocenters. The van der Waals surface area contributed by atoms with E-state index in [0.717, 1.165) is 18.9 Å². The highest BCUT2D eigenvalue weighted by atomic mass is 35.5. The lowest BCUT2D eigenvalue weighted by Gasteiger charge is -2.37. The summed E-state index contributed by atoms with van der Waals surface area (Å²) in [6.45, 7) is 1.52. The summed E-state index contributed by atoms with van der Waals surface area (Å²) in [5.41, 5.74) is 7.29. The summed E-state index contributed by atoms with van der Waals surface area (Å²) in [5, 5.41) is 2.99. The summed E-state index contributed by atoms with van der Waals surface area (Å²) >= 11 is 5.82. The number of fused-ring (bicyclic) bond motifs is 1. The van der Waals surface area contributed by atoms with E-state index in [2.05, 4.69) is 25.2 Å². The molecule has 3 N–H and O–H groups in total. The molecule has 0 atom stereocenters. The van der Waals surface area contributed by atoms with Crippen molar-refractivity contribution in [1.82, 2.24) is 15.0 Å². The zero-order valence-corrected chi connectivity index (χ0v) is 13.3. The maximum Gasteiger partial charge on any atom is 0.165 e. The molecule has 122 valence electrons. The maximum absolute atomic E-state index is 14.1. The summed E-state index contributed by atoms with van der Waals surface area (Å²) in [6, 6.07) is 8.68. The number of halogens is 2. The van der Waals surface area contributed by atoms with Gasteiger partial charge in [-0.25, -0.2) is 19.3 Å². The van der Waals surface area contributed by atoms with Crippen LogP contribution in [0.5, 0.6) is 0 Å². The van der Waals surface area contributed by atoms with Crippen LogP contribution in [0.3, 0.4) is 0 Å². The first-order valence-corrected chi connectivity index (χ1v) is 7.83. The monoisotopic (exact) mass is 344 g/mol. The number of hydrogen-bond acceptors (Lipinski definition) is 6. The highest BCUT2D eigenvalue weighted by Crippen LogP contribution is 2.28. The van der Waals surface area contributed by atoms with Gasteiger partial charge in [-0.15, -0.1) is 0 Å². The summed E-state index contributed by atoms with van der Waals surface area (Å²) in [5.74, 6) is 0.692. The van der Waals surface area contributed by atoms with Gasteiger partial charge in [-0.05, 0) is 24.3 Å². The van der Waals surface area contributed by atoms with E-state index in [1.165, 1.54) is 12.4 Å². The lowest BCUT2D eigenvalue weighted by atomic mass is 10.1. The van der Waals surface area contributed by atoms with Crippen molar-refractivity contribution in [3.8, 4) is 0 Å². The molecular weight excluding hydrogens is 331 g/mol. The number of nitrogens with one attached hydrogen (secondary N) is 1. The lowest BCUT2D eigenvalue weighted by molar-refractivity contribution is 0.515. The van der Waals surface area contributed by atoms with Crippen molar-refractivity contribution in [1.29, 1.82) is 0 Å². The molecule has 0 amide bonds. The van der Waals surface area contributed by atoms with Gasteiger partial charge in [-0.1, -0.05) is 17.7 Å². The maximum atomic E-state index is 14.1. The van der Waals surface area contributed by atoms with Crippen LogP contribution < -0.4 is 16.0 Å². The predicted molar refractivity (Wildman–Crippen MR) is 92.2 cm³/mol. The highest BCUT2D eigenvalue weighted by Gasteiger charge is 2.24. The third-order valence-corrected chi connectivity index (χ3v) is 4.20. The Morgan fingerprint density at radius 1 is 1.21 bits per heavy atom. The summed E-state index contributed by atoms with van der Waals surface area (Å²) in [4.78, 5) is 15.1. The minimum Gasteiger partial charge on any atom is -0.353 e.